The number of halogens is 3. The van der Waals surface area contributed by atoms with Crippen molar-refractivity contribution in [3.05, 3.63) is 239 Å². The summed E-state index contributed by atoms with van der Waals surface area (Å²) in [7, 11) is 0. The molecule has 0 radical (unpaired) electrons. The van der Waals surface area contributed by atoms with Crippen LogP contribution < -0.4 is 22.5 Å². The predicted molar refractivity (Wildman–Crippen MR) is 397 cm³/mol. The first-order valence-electron chi connectivity index (χ1n) is 29.8. The zero-order valence-corrected chi connectivity index (χ0v) is 58.5. The first kappa shape index (κ1) is 101. The molecule has 2 aromatic heterocycles. The normalized spacial score (nSPS) is 9.95. The fourth-order valence-electron chi connectivity index (χ4n) is 8.20. The third-order valence-corrected chi connectivity index (χ3v) is 13.4. The van der Waals surface area contributed by atoms with Crippen LogP contribution in [0.1, 0.15) is 127 Å². The van der Waals surface area contributed by atoms with Crippen molar-refractivity contribution in [3.8, 4) is 0 Å². The van der Waals surface area contributed by atoms with Crippen molar-refractivity contribution in [1.82, 2.24) is 15.3 Å². The van der Waals surface area contributed by atoms with Crippen LogP contribution in [0.5, 0.6) is 0 Å². The van der Waals surface area contributed by atoms with Gasteiger partial charge < -0.3 is 51.8 Å². The Morgan fingerprint density at radius 2 is 1.02 bits per heavy atom. The Hall–Kier alpha value is -14.1. The number of pyridine rings is 2. The number of esters is 3. The standard InChI is InChI=1S/C14H15NO8.C9H4Cl2N2O2.C9H6N2O4.C9H8N2.C9H7NO6.C7H4ClNO4.C6H12O2.CH4N2O.CO2.3CH4/c1-3-22-13(18)11(14(19)23-4-2)10-7-8(15(20)21)5-6-9(10)12(16)17;10-8-4-5-3-6(13(14)15)1-2-7(5)9(11)12-8;12-8-4-5-3-6(11(14)15)1-2-7(5)9(13)10-8;10-9-2-1-8-6-11-4-3-7(8)5-9;11-8(12)4-5-3-6(10(15)16)1-2-7(5)9(13)14;8-6-3-4(9(12)13)1-2-5(6)7(10)11;1-3-5-6(7)8-4-2;2-1(3)4;2-1-3;;;/h5-7,11H,3-4H2,1-2H3,(H,16,17);1-4H;1-3H,4H2,(H,10,12,13);1-6H,10H2;1-3H,4H2,(H,11,12)(H,13,14);1-3H,(H,10,11);3-5H2,1-2H3;(H4,2,3,4);;3*1H4. The number of carbonyl (C=O) groups excluding carboxylic acids is 8. The number of nitrogens with one attached hydrogen (secondary N) is 1. The number of nitrogens with zero attached hydrogens (tertiary/aromatic N) is 7. The summed E-state index contributed by atoms with van der Waals surface area (Å²) in [6.45, 7) is 7.18. The third-order valence-electron chi connectivity index (χ3n) is 12.6. The number of ether oxygens (including phenoxy) is 3. The van der Waals surface area contributed by atoms with Gasteiger partial charge >= 0.3 is 54.0 Å². The molecule has 0 atom stereocenters. The molecule has 0 saturated carbocycles. The molecule has 1 aliphatic rings. The molecule has 6 aromatic carbocycles. The molecule has 0 bridgehead atoms. The highest BCUT2D eigenvalue weighted by Crippen LogP contribution is 2.30. The van der Waals surface area contributed by atoms with Gasteiger partial charge in [-0.2, -0.15) is 9.59 Å². The number of aromatic nitrogens is 2. The van der Waals surface area contributed by atoms with Crippen LogP contribution in [0.2, 0.25) is 15.3 Å². The molecule has 0 aliphatic carbocycles. The molecule has 8 aromatic rings. The summed E-state index contributed by atoms with van der Waals surface area (Å²) in [6, 6.07) is 25.6. The number of carboxylic acids is 4. The SMILES string of the molecule is C.C.C.CCCC(=O)OCC.CCOC(=O)C(C(=O)OCC)c1cc([N+](=O)[O-])ccc1C(=O)O.NC(N)=O.Nc1ccc2cnccc2c1.O=C(O)Cc1cc([N+](=O)[O-])ccc1C(=O)O.O=C(O)c1ccc([N+](=O)[O-])cc1Cl.O=C1Cc2cc([N+](=O)[O-])ccc2C(=O)N1.O=C=O.O=[N+]([O-])c1ccc2c(Cl)nc(Cl)cc2c1. The van der Waals surface area contributed by atoms with Gasteiger partial charge in [0.15, 0.2) is 5.92 Å². The van der Waals surface area contributed by atoms with Crippen molar-refractivity contribution >= 4 is 156 Å². The van der Waals surface area contributed by atoms with Crippen LogP contribution in [0.3, 0.4) is 0 Å². The number of amides is 4. The van der Waals surface area contributed by atoms with Gasteiger partial charge in [-0.1, -0.05) is 70.1 Å². The maximum Gasteiger partial charge on any atom is 0.373 e. The Kier molecular flexibility index (Phi) is 46.6. The Bertz CT molecular complexity index is 4700. The lowest BCUT2D eigenvalue weighted by Gasteiger charge is -2.16. The number of aromatic carboxylic acids is 3. The number of imide groups is 1. The number of carboxylic acid groups (broad SMARTS) is 4. The number of non-ortho nitro benzene ring substituents is 5. The molecule has 4 amide bonds. The lowest BCUT2D eigenvalue weighted by Crippen LogP contribution is -2.37. The molecule has 0 spiro atoms. The third kappa shape index (κ3) is 35.2. The molecular formula is C68H72Cl3N11O29. The molecule has 1 aliphatic heterocycles. The maximum atomic E-state index is 12.0. The second-order valence-electron chi connectivity index (χ2n) is 20.0. The number of carbonyl (C=O) groups is 10. The van der Waals surface area contributed by atoms with Gasteiger partial charge in [0.05, 0.1) is 79.0 Å². The van der Waals surface area contributed by atoms with Gasteiger partial charge in [0.2, 0.25) is 5.91 Å². The van der Waals surface area contributed by atoms with Gasteiger partial charge in [0.1, 0.15) is 10.3 Å². The minimum Gasteiger partial charge on any atom is -0.481 e. The summed E-state index contributed by atoms with van der Waals surface area (Å²) in [5.74, 6) is -10.0. The molecule has 0 fully saturated rings. The van der Waals surface area contributed by atoms with Gasteiger partial charge in [-0.15, -0.1) is 0 Å². The van der Waals surface area contributed by atoms with E-state index in [2.05, 4.69) is 31.5 Å². The van der Waals surface area contributed by atoms with Crippen LogP contribution in [0.25, 0.3) is 21.5 Å². The number of aliphatic carboxylic acids is 1. The number of urea groups is 1. The van der Waals surface area contributed by atoms with Crippen molar-refractivity contribution in [2.24, 2.45) is 11.5 Å². The number of hydrogen-bond donors (Lipinski definition) is 8. The van der Waals surface area contributed by atoms with Gasteiger partial charge in [-0.25, -0.2) is 24.2 Å². The summed E-state index contributed by atoms with van der Waals surface area (Å²) in [4.78, 5) is 182. The number of nitro benzene ring substituents is 5. The van der Waals surface area contributed by atoms with Gasteiger partial charge in [0.25, 0.3) is 34.3 Å². The average Bonchev–Trinajstić information content (AvgIpc) is 0.810. The largest absolute Gasteiger partial charge is 0.481 e. The average molecular weight is 1610 g/mol. The van der Waals surface area contributed by atoms with Gasteiger partial charge in [-0.05, 0) is 109 Å². The van der Waals surface area contributed by atoms with Crippen LogP contribution in [0.15, 0.2) is 134 Å². The first-order chi connectivity index (χ1) is 50.7. The topological polar surface area (TPSA) is 645 Å². The van der Waals surface area contributed by atoms with E-state index in [0.29, 0.717) is 34.9 Å². The minimum absolute atomic E-state index is 0. The highest BCUT2D eigenvalue weighted by atomic mass is 35.5. The molecule has 11 N–H and O–H groups in total. The molecular weight excluding hydrogens is 1540 g/mol. The Morgan fingerprint density at radius 1 is 0.568 bits per heavy atom. The number of hydrogen-bond acceptors (Lipinski definition) is 28. The fourth-order valence-corrected chi connectivity index (χ4v) is 8.96. The summed E-state index contributed by atoms with van der Waals surface area (Å²) >= 11 is 17.0. The lowest BCUT2D eigenvalue weighted by molar-refractivity contribution is -0.385. The molecule has 0 unspecified atom stereocenters. The van der Waals surface area contributed by atoms with E-state index in [9.17, 15) is 98.8 Å². The van der Waals surface area contributed by atoms with E-state index < -0.39 is 102 Å². The number of nitro groups is 5. The second kappa shape index (κ2) is 51.2. The highest BCUT2D eigenvalue weighted by Gasteiger charge is 2.36. The van der Waals surface area contributed by atoms with Gasteiger partial charge in [0, 0.05) is 102 Å². The number of benzene rings is 6. The second-order valence-corrected chi connectivity index (χ2v) is 21.2. The van der Waals surface area contributed by atoms with E-state index in [-0.39, 0.29) is 114 Å². The van der Waals surface area contributed by atoms with Crippen LogP contribution in [0, 0.1) is 50.6 Å². The van der Waals surface area contributed by atoms with Crippen LogP contribution in [-0.2, 0) is 60.6 Å². The summed E-state index contributed by atoms with van der Waals surface area (Å²) in [5, 5.41) is 93.5. The summed E-state index contributed by atoms with van der Waals surface area (Å²) < 4.78 is 14.2. The van der Waals surface area contributed by atoms with E-state index >= 15 is 0 Å². The molecule has 3 heterocycles. The van der Waals surface area contributed by atoms with E-state index in [1.165, 1.54) is 50.2 Å². The zero-order valence-electron chi connectivity index (χ0n) is 56.2. The number of rotatable bonds is 18. The predicted octanol–water partition coefficient (Wildman–Crippen LogP) is 11.7. The lowest BCUT2D eigenvalue weighted by atomic mass is 9.93. The van der Waals surface area contributed by atoms with Crippen molar-refractivity contribution in [1.29, 1.82) is 0 Å². The number of fused-ring (bicyclic) bond motifs is 3. The zero-order chi connectivity index (χ0) is 82.2. The Labute approximate surface area is 642 Å². The van der Waals surface area contributed by atoms with E-state index in [1.807, 2.05) is 44.3 Å². The number of primary amides is 2. The van der Waals surface area contributed by atoms with E-state index in [4.69, 9.17) is 79.7 Å². The van der Waals surface area contributed by atoms with Crippen LogP contribution in [-0.4, -0.2) is 141 Å². The molecule has 40 nitrogen and oxygen atoms in total. The van der Waals surface area contributed by atoms with Gasteiger partial charge in [-0.3, -0.25) is 89.6 Å². The molecule has 594 valence electrons. The van der Waals surface area contributed by atoms with E-state index in [1.54, 1.807) is 12.3 Å². The quantitative estimate of drug-likeness (QED) is 0.00578. The molecule has 111 heavy (non-hydrogen) atoms. The van der Waals surface area contributed by atoms with E-state index in [0.717, 1.165) is 77.5 Å². The summed E-state index contributed by atoms with van der Waals surface area (Å²) in [6.07, 6.45) is 4.70. The smallest absolute Gasteiger partial charge is 0.373 e. The highest BCUT2D eigenvalue weighted by molar-refractivity contribution is 6.36. The Morgan fingerprint density at radius 3 is 1.49 bits per heavy atom. The van der Waals surface area contributed by atoms with Crippen LogP contribution >= 0.6 is 34.8 Å². The maximum absolute atomic E-state index is 12.0. The van der Waals surface area contributed by atoms with Crippen molar-refractivity contribution in [2.75, 3.05) is 25.6 Å². The number of nitrogens with two attached hydrogens (primary N) is 3. The van der Waals surface area contributed by atoms with Crippen molar-refractivity contribution in [3.63, 3.8) is 0 Å². The summed E-state index contributed by atoms with van der Waals surface area (Å²) in [5.41, 5.74) is 13.3. The Balaban J connectivity index is -0.00000122. The number of nitrogen functional groups attached to an aromatic ring is 1. The van der Waals surface area contributed by atoms with Crippen LogP contribution in [0.4, 0.5) is 38.9 Å². The number of anilines is 1. The van der Waals surface area contributed by atoms with Crippen molar-refractivity contribution in [2.45, 2.75) is 81.6 Å². The first-order valence-corrected chi connectivity index (χ1v) is 30.9. The molecule has 9 rings (SSSR count). The molecule has 43 heteroatoms. The monoisotopic (exact) mass is 1610 g/mol. The molecule has 0 saturated heterocycles. The van der Waals surface area contributed by atoms with Crippen molar-refractivity contribution < 1.29 is 117 Å². The fraction of sp³-hybridized carbons (Fsp3) is 0.221. The minimum atomic E-state index is -1.71.